The predicted molar refractivity (Wildman–Crippen MR) is 68.5 cm³/mol. The van der Waals surface area contributed by atoms with Gasteiger partial charge in [-0.3, -0.25) is 9.59 Å². The van der Waals surface area contributed by atoms with Crippen molar-refractivity contribution in [1.82, 2.24) is 0 Å². The molecule has 0 saturated heterocycles. The average molecular weight is 259 g/mol. The molecule has 5 heteroatoms. The minimum atomic E-state index is -0.263. The van der Waals surface area contributed by atoms with E-state index < -0.39 is 0 Å². The van der Waals surface area contributed by atoms with Crippen molar-refractivity contribution < 1.29 is 14.3 Å². The summed E-state index contributed by atoms with van der Waals surface area (Å²) in [6.45, 7) is 0. The third-order valence-electron chi connectivity index (χ3n) is 2.83. The molecule has 0 spiro atoms. The van der Waals surface area contributed by atoms with Gasteiger partial charge in [-0.25, -0.2) is 4.90 Å². The van der Waals surface area contributed by atoms with Gasteiger partial charge in [0.15, 0.2) is 0 Å². The smallest absolute Gasteiger partial charge is 0.276 e. The van der Waals surface area contributed by atoms with E-state index in [9.17, 15) is 9.59 Å². The number of ether oxygens (including phenoxy) is 1. The van der Waals surface area contributed by atoms with E-state index in [0.717, 1.165) is 0 Å². The molecular weight excluding hydrogens is 250 g/mol. The van der Waals surface area contributed by atoms with Crippen LogP contribution in [0.5, 0.6) is 5.75 Å². The Morgan fingerprint density at radius 1 is 1.06 bits per heavy atom. The summed E-state index contributed by atoms with van der Waals surface area (Å²) < 4.78 is 5.05. The zero-order valence-corrected chi connectivity index (χ0v) is 10.4. The van der Waals surface area contributed by atoms with Gasteiger partial charge in [-0.1, -0.05) is 0 Å². The number of nitrogens with zero attached hydrogens (tertiary/aromatic N) is 1. The molecule has 3 rings (SSSR count). The average Bonchev–Trinajstić information content (AvgIpc) is 2.95. The Morgan fingerprint density at radius 2 is 1.78 bits per heavy atom. The monoisotopic (exact) mass is 259 g/mol. The van der Waals surface area contributed by atoms with Gasteiger partial charge in [0, 0.05) is 0 Å². The SMILES string of the molecule is COc1ccc(N2C(=O)c3ccsc3C2=O)cc1. The Bertz CT molecular complexity index is 599. The first kappa shape index (κ1) is 11.0. The molecule has 2 aromatic rings. The summed E-state index contributed by atoms with van der Waals surface area (Å²) in [6.07, 6.45) is 0. The lowest BCUT2D eigenvalue weighted by Gasteiger charge is -2.14. The van der Waals surface area contributed by atoms with Crippen molar-refractivity contribution in [3.8, 4) is 5.75 Å². The quantitative estimate of drug-likeness (QED) is 0.779. The van der Waals surface area contributed by atoms with E-state index in [1.165, 1.54) is 16.2 Å². The Hall–Kier alpha value is -2.14. The molecule has 0 radical (unpaired) electrons. The van der Waals surface area contributed by atoms with Crippen LogP contribution >= 0.6 is 11.3 Å². The molecule has 1 aliphatic heterocycles. The van der Waals surface area contributed by atoms with Gasteiger partial charge in [0.05, 0.1) is 18.4 Å². The van der Waals surface area contributed by atoms with Crippen molar-refractivity contribution in [3.63, 3.8) is 0 Å². The normalized spacial score (nSPS) is 13.9. The molecule has 90 valence electrons. The molecule has 4 nitrogen and oxygen atoms in total. The lowest BCUT2D eigenvalue weighted by atomic mass is 10.2. The topological polar surface area (TPSA) is 46.6 Å². The molecule has 1 aromatic carbocycles. The van der Waals surface area contributed by atoms with Crippen LogP contribution in [-0.4, -0.2) is 18.9 Å². The van der Waals surface area contributed by atoms with Gasteiger partial charge in [-0.2, -0.15) is 0 Å². The number of amides is 2. The van der Waals surface area contributed by atoms with E-state index in [0.29, 0.717) is 21.9 Å². The van der Waals surface area contributed by atoms with Crippen molar-refractivity contribution in [3.05, 3.63) is 46.2 Å². The van der Waals surface area contributed by atoms with Crippen LogP contribution in [0, 0.1) is 0 Å². The Labute approximate surface area is 107 Å². The molecule has 2 amide bonds. The third-order valence-corrected chi connectivity index (χ3v) is 3.73. The van der Waals surface area contributed by atoms with Crippen molar-refractivity contribution >= 4 is 28.8 Å². The molecular formula is C13H9NO3S. The summed E-state index contributed by atoms with van der Waals surface area (Å²) in [5, 5.41) is 1.76. The Balaban J connectivity index is 2.01. The molecule has 1 aromatic heterocycles. The number of hydrogen-bond donors (Lipinski definition) is 0. The van der Waals surface area contributed by atoms with Gasteiger partial charge >= 0.3 is 0 Å². The van der Waals surface area contributed by atoms with Gasteiger partial charge in [0.1, 0.15) is 10.6 Å². The van der Waals surface area contributed by atoms with Gasteiger partial charge < -0.3 is 4.74 Å². The molecule has 18 heavy (non-hydrogen) atoms. The first-order valence-electron chi connectivity index (χ1n) is 5.32. The van der Waals surface area contributed by atoms with Crippen molar-refractivity contribution in [2.75, 3.05) is 12.0 Å². The van der Waals surface area contributed by atoms with Crippen LogP contribution in [0.3, 0.4) is 0 Å². The first-order chi connectivity index (χ1) is 8.72. The van der Waals surface area contributed by atoms with E-state index >= 15 is 0 Å². The van der Waals surface area contributed by atoms with Crippen molar-refractivity contribution in [1.29, 1.82) is 0 Å². The number of fused-ring (bicyclic) bond motifs is 1. The lowest BCUT2D eigenvalue weighted by Crippen LogP contribution is -2.29. The molecule has 0 aliphatic carbocycles. The molecule has 0 atom stereocenters. The van der Waals surface area contributed by atoms with Gasteiger partial charge in [0.25, 0.3) is 11.8 Å². The van der Waals surface area contributed by atoms with Crippen molar-refractivity contribution in [2.45, 2.75) is 0 Å². The summed E-state index contributed by atoms with van der Waals surface area (Å²) in [7, 11) is 1.57. The zero-order chi connectivity index (χ0) is 12.7. The Morgan fingerprint density at radius 3 is 2.39 bits per heavy atom. The summed E-state index contributed by atoms with van der Waals surface area (Å²) in [4.78, 5) is 25.9. The summed E-state index contributed by atoms with van der Waals surface area (Å²) in [5.41, 5.74) is 1.05. The summed E-state index contributed by atoms with van der Waals surface area (Å²) in [5.74, 6) is 0.171. The maximum atomic E-state index is 12.1. The molecule has 0 saturated carbocycles. The minimum absolute atomic E-state index is 0.254. The maximum Gasteiger partial charge on any atom is 0.276 e. The number of thiophene rings is 1. The van der Waals surface area contributed by atoms with E-state index in [1.54, 1.807) is 42.8 Å². The second-order valence-electron chi connectivity index (χ2n) is 3.81. The second kappa shape index (κ2) is 3.96. The standard InChI is InChI=1S/C13H9NO3S/c1-17-9-4-2-8(3-5-9)14-12(15)10-6-7-18-11(10)13(14)16/h2-7H,1H3. The molecule has 0 fully saturated rings. The van der Waals surface area contributed by atoms with Crippen LogP contribution in [0.4, 0.5) is 5.69 Å². The molecule has 1 aliphatic rings. The number of rotatable bonds is 2. The Kier molecular flexibility index (Phi) is 2.41. The van der Waals surface area contributed by atoms with Crippen LogP contribution in [0.1, 0.15) is 20.0 Å². The molecule has 2 heterocycles. The highest BCUT2D eigenvalue weighted by Gasteiger charge is 2.37. The van der Waals surface area contributed by atoms with Gasteiger partial charge in [-0.05, 0) is 35.7 Å². The number of benzene rings is 1. The van der Waals surface area contributed by atoms with E-state index in [2.05, 4.69) is 0 Å². The predicted octanol–water partition coefficient (Wildman–Crippen LogP) is 2.56. The molecule has 0 bridgehead atoms. The highest BCUT2D eigenvalue weighted by Crippen LogP contribution is 2.32. The largest absolute Gasteiger partial charge is 0.497 e. The number of hydrogen-bond acceptors (Lipinski definition) is 4. The summed E-state index contributed by atoms with van der Waals surface area (Å²) in [6, 6.07) is 8.53. The zero-order valence-electron chi connectivity index (χ0n) is 9.54. The van der Waals surface area contributed by atoms with Crippen LogP contribution in [0.2, 0.25) is 0 Å². The fraction of sp³-hybridized carbons (Fsp3) is 0.0769. The maximum absolute atomic E-state index is 12.1. The van der Waals surface area contributed by atoms with Crippen molar-refractivity contribution in [2.24, 2.45) is 0 Å². The number of carbonyl (C=O) groups is 2. The number of carbonyl (C=O) groups excluding carboxylic acids is 2. The number of imide groups is 1. The van der Waals surface area contributed by atoms with Crippen LogP contribution in [0.15, 0.2) is 35.7 Å². The van der Waals surface area contributed by atoms with Crippen LogP contribution < -0.4 is 9.64 Å². The van der Waals surface area contributed by atoms with E-state index in [1.807, 2.05) is 0 Å². The van der Waals surface area contributed by atoms with E-state index in [4.69, 9.17) is 4.74 Å². The number of methoxy groups -OCH3 is 1. The van der Waals surface area contributed by atoms with Crippen LogP contribution in [0.25, 0.3) is 0 Å². The fourth-order valence-corrected chi connectivity index (χ4v) is 2.74. The van der Waals surface area contributed by atoms with Gasteiger partial charge in [0.2, 0.25) is 0 Å². The minimum Gasteiger partial charge on any atom is -0.497 e. The summed E-state index contributed by atoms with van der Waals surface area (Å²) >= 11 is 1.29. The van der Waals surface area contributed by atoms with Gasteiger partial charge in [-0.15, -0.1) is 11.3 Å². The number of anilines is 1. The highest BCUT2D eigenvalue weighted by molar-refractivity contribution is 7.13. The second-order valence-corrected chi connectivity index (χ2v) is 4.72. The molecule has 0 N–H and O–H groups in total. The third kappa shape index (κ3) is 1.44. The fourth-order valence-electron chi connectivity index (χ4n) is 1.92. The lowest BCUT2D eigenvalue weighted by molar-refractivity contribution is 0.0927. The highest BCUT2D eigenvalue weighted by atomic mass is 32.1. The van der Waals surface area contributed by atoms with E-state index in [-0.39, 0.29) is 11.8 Å². The van der Waals surface area contributed by atoms with Crippen LogP contribution in [-0.2, 0) is 0 Å². The first-order valence-corrected chi connectivity index (χ1v) is 6.20. The molecule has 0 unspecified atom stereocenters.